The third-order valence-electron chi connectivity index (χ3n) is 4.26. The minimum Gasteiger partial charge on any atom is -0.328 e. The zero-order valence-corrected chi connectivity index (χ0v) is 12.8. The first kappa shape index (κ1) is 15.0. The van der Waals surface area contributed by atoms with Crippen LogP contribution in [0.2, 0.25) is 0 Å². The Labute approximate surface area is 121 Å². The van der Waals surface area contributed by atoms with Crippen LogP contribution in [0.4, 0.5) is 5.69 Å². The molecular weight excluding hydrogens is 248 g/mol. The summed E-state index contributed by atoms with van der Waals surface area (Å²) in [7, 11) is 0. The second-order valence-corrected chi connectivity index (χ2v) is 6.31. The van der Waals surface area contributed by atoms with Crippen LogP contribution in [0, 0.1) is 12.8 Å². The van der Waals surface area contributed by atoms with Gasteiger partial charge in [0.05, 0.1) is 0 Å². The van der Waals surface area contributed by atoms with E-state index in [2.05, 4.69) is 31.3 Å². The van der Waals surface area contributed by atoms with E-state index in [9.17, 15) is 4.79 Å². The van der Waals surface area contributed by atoms with Gasteiger partial charge in [-0.2, -0.15) is 0 Å². The summed E-state index contributed by atoms with van der Waals surface area (Å²) >= 11 is 0. The number of hydrogen-bond acceptors (Lipinski definition) is 2. The normalized spacial score (nSPS) is 22.9. The second-order valence-electron chi connectivity index (χ2n) is 6.31. The van der Waals surface area contributed by atoms with Gasteiger partial charge in [0.1, 0.15) is 0 Å². The van der Waals surface area contributed by atoms with Crippen molar-refractivity contribution in [2.75, 3.05) is 5.32 Å². The fraction of sp³-hybridized carbons (Fsp3) is 0.588. The summed E-state index contributed by atoms with van der Waals surface area (Å²) in [6.07, 6.45) is 3.88. The van der Waals surface area contributed by atoms with Crippen LogP contribution >= 0.6 is 0 Å². The zero-order chi connectivity index (χ0) is 14.7. The van der Waals surface area contributed by atoms with E-state index in [4.69, 9.17) is 5.73 Å². The maximum absolute atomic E-state index is 12.5. The maximum atomic E-state index is 12.5. The Morgan fingerprint density at radius 3 is 2.75 bits per heavy atom. The molecule has 1 fully saturated rings. The summed E-state index contributed by atoms with van der Waals surface area (Å²) in [5.41, 5.74) is 9.31. The van der Waals surface area contributed by atoms with Crippen LogP contribution in [-0.4, -0.2) is 11.9 Å². The molecule has 0 aliphatic heterocycles. The molecule has 0 aromatic heterocycles. The molecule has 1 saturated carbocycles. The number of carbonyl (C=O) groups excluding carboxylic acids is 1. The molecule has 0 heterocycles. The Morgan fingerprint density at radius 1 is 1.35 bits per heavy atom. The van der Waals surface area contributed by atoms with E-state index in [1.54, 1.807) is 0 Å². The van der Waals surface area contributed by atoms with Gasteiger partial charge in [-0.1, -0.05) is 38.5 Å². The van der Waals surface area contributed by atoms with Crippen molar-refractivity contribution >= 4 is 11.6 Å². The van der Waals surface area contributed by atoms with Gasteiger partial charge in [0.15, 0.2) is 0 Å². The Balaban J connectivity index is 2.15. The largest absolute Gasteiger partial charge is 0.328 e. The highest BCUT2D eigenvalue weighted by atomic mass is 16.1. The molecule has 1 amide bonds. The van der Waals surface area contributed by atoms with Crippen molar-refractivity contribution in [1.82, 2.24) is 0 Å². The Bertz CT molecular complexity index is 482. The predicted molar refractivity (Wildman–Crippen MR) is 83.8 cm³/mol. The molecule has 2 unspecified atom stereocenters. The summed E-state index contributed by atoms with van der Waals surface area (Å²) in [6.45, 7) is 6.36. The van der Waals surface area contributed by atoms with Gasteiger partial charge >= 0.3 is 0 Å². The number of rotatable bonds is 3. The van der Waals surface area contributed by atoms with Crippen molar-refractivity contribution in [3.8, 4) is 0 Å². The number of anilines is 1. The van der Waals surface area contributed by atoms with E-state index in [0.717, 1.165) is 36.9 Å². The van der Waals surface area contributed by atoms with Crippen molar-refractivity contribution in [2.45, 2.75) is 58.4 Å². The average Bonchev–Trinajstić information content (AvgIpc) is 2.40. The first-order valence-corrected chi connectivity index (χ1v) is 7.65. The van der Waals surface area contributed by atoms with Crippen molar-refractivity contribution in [3.63, 3.8) is 0 Å². The number of amides is 1. The molecule has 0 saturated heterocycles. The van der Waals surface area contributed by atoms with Gasteiger partial charge in [0.25, 0.3) is 0 Å². The van der Waals surface area contributed by atoms with Crippen LogP contribution in [0.25, 0.3) is 0 Å². The number of carbonyl (C=O) groups is 1. The lowest BCUT2D eigenvalue weighted by Gasteiger charge is -2.26. The van der Waals surface area contributed by atoms with Crippen LogP contribution < -0.4 is 11.1 Å². The third kappa shape index (κ3) is 3.40. The van der Waals surface area contributed by atoms with Gasteiger partial charge in [-0.25, -0.2) is 0 Å². The number of hydrogen-bond donors (Lipinski definition) is 2. The molecule has 1 aliphatic rings. The minimum atomic E-state index is 0.0679. The fourth-order valence-electron chi connectivity index (χ4n) is 3.03. The molecule has 2 rings (SSSR count). The highest BCUT2D eigenvalue weighted by Crippen LogP contribution is 2.30. The van der Waals surface area contributed by atoms with Gasteiger partial charge in [0.2, 0.25) is 5.91 Å². The van der Waals surface area contributed by atoms with Crippen molar-refractivity contribution in [1.29, 1.82) is 0 Å². The lowest BCUT2D eigenvalue weighted by molar-refractivity contribution is -0.120. The molecule has 1 aliphatic carbocycles. The van der Waals surface area contributed by atoms with Crippen LogP contribution in [-0.2, 0) is 4.79 Å². The van der Waals surface area contributed by atoms with E-state index < -0.39 is 0 Å². The van der Waals surface area contributed by atoms with Crippen molar-refractivity contribution < 1.29 is 4.79 Å². The summed E-state index contributed by atoms with van der Waals surface area (Å²) < 4.78 is 0. The molecule has 0 radical (unpaired) electrons. The quantitative estimate of drug-likeness (QED) is 0.885. The molecule has 3 nitrogen and oxygen atoms in total. The number of benzene rings is 1. The summed E-state index contributed by atoms with van der Waals surface area (Å²) in [5.74, 6) is 0.605. The second kappa shape index (κ2) is 6.40. The summed E-state index contributed by atoms with van der Waals surface area (Å²) in [4.78, 5) is 12.5. The monoisotopic (exact) mass is 274 g/mol. The van der Waals surface area contributed by atoms with Crippen molar-refractivity contribution in [3.05, 3.63) is 29.3 Å². The average molecular weight is 274 g/mol. The van der Waals surface area contributed by atoms with Gasteiger partial charge < -0.3 is 11.1 Å². The third-order valence-corrected chi connectivity index (χ3v) is 4.26. The summed E-state index contributed by atoms with van der Waals surface area (Å²) in [5, 5.41) is 3.16. The van der Waals surface area contributed by atoms with Gasteiger partial charge in [-0.05, 0) is 43.2 Å². The van der Waals surface area contributed by atoms with E-state index in [-0.39, 0.29) is 17.9 Å². The summed E-state index contributed by atoms with van der Waals surface area (Å²) in [6, 6.07) is 6.38. The molecule has 110 valence electrons. The number of para-hydroxylation sites is 1. The predicted octanol–water partition coefficient (Wildman–Crippen LogP) is 3.57. The fourth-order valence-corrected chi connectivity index (χ4v) is 3.03. The van der Waals surface area contributed by atoms with E-state index >= 15 is 0 Å². The molecule has 0 spiro atoms. The number of nitrogens with one attached hydrogen (secondary N) is 1. The smallest absolute Gasteiger partial charge is 0.227 e. The number of nitrogens with two attached hydrogens (primary N) is 1. The highest BCUT2D eigenvalue weighted by Gasteiger charge is 2.26. The maximum Gasteiger partial charge on any atom is 0.227 e. The van der Waals surface area contributed by atoms with E-state index in [1.807, 2.05) is 13.0 Å². The standard InChI is InChI=1S/C17H26N2O/c1-11(2)15-9-4-6-12(3)16(15)19-17(20)13-7-5-8-14(18)10-13/h4,6,9,11,13-14H,5,7-8,10,18H2,1-3H3,(H,19,20). The molecule has 0 bridgehead atoms. The molecule has 3 N–H and O–H groups in total. The highest BCUT2D eigenvalue weighted by molar-refractivity contribution is 5.94. The van der Waals surface area contributed by atoms with Gasteiger partial charge in [-0.15, -0.1) is 0 Å². The SMILES string of the molecule is Cc1cccc(C(C)C)c1NC(=O)C1CCCC(N)C1. The van der Waals surface area contributed by atoms with E-state index in [0.29, 0.717) is 5.92 Å². The molecular formula is C17H26N2O. The van der Waals surface area contributed by atoms with Crippen molar-refractivity contribution in [2.24, 2.45) is 11.7 Å². The van der Waals surface area contributed by atoms with Crippen LogP contribution in [0.1, 0.15) is 56.6 Å². The molecule has 1 aromatic carbocycles. The molecule has 1 aromatic rings. The topological polar surface area (TPSA) is 55.1 Å². The lowest BCUT2D eigenvalue weighted by atomic mass is 9.85. The minimum absolute atomic E-state index is 0.0679. The van der Waals surface area contributed by atoms with Crippen LogP contribution in [0.15, 0.2) is 18.2 Å². The van der Waals surface area contributed by atoms with Crippen LogP contribution in [0.3, 0.4) is 0 Å². The Kier molecular flexibility index (Phi) is 4.81. The first-order valence-electron chi connectivity index (χ1n) is 7.65. The Morgan fingerprint density at radius 2 is 2.10 bits per heavy atom. The van der Waals surface area contributed by atoms with Gasteiger partial charge in [0, 0.05) is 17.6 Å². The van der Waals surface area contributed by atoms with Gasteiger partial charge in [-0.3, -0.25) is 4.79 Å². The molecule has 3 heteroatoms. The van der Waals surface area contributed by atoms with Crippen LogP contribution in [0.5, 0.6) is 0 Å². The lowest BCUT2D eigenvalue weighted by Crippen LogP contribution is -2.34. The first-order chi connectivity index (χ1) is 9.49. The molecule has 2 atom stereocenters. The number of aryl methyl sites for hydroxylation is 1. The van der Waals surface area contributed by atoms with E-state index in [1.165, 1.54) is 5.56 Å². The zero-order valence-electron chi connectivity index (χ0n) is 12.8. The molecule has 20 heavy (non-hydrogen) atoms. The Hall–Kier alpha value is -1.35.